The number of nitrogens with one attached hydrogen (secondary N) is 1. The summed E-state index contributed by atoms with van der Waals surface area (Å²) >= 11 is 0. The van der Waals surface area contributed by atoms with Crippen molar-refractivity contribution in [2.24, 2.45) is 5.18 Å². The summed E-state index contributed by atoms with van der Waals surface area (Å²) < 4.78 is 0. The Hall–Kier alpha value is -2.04. The molecule has 0 fully saturated rings. The summed E-state index contributed by atoms with van der Waals surface area (Å²) in [5, 5.41) is 4.92. The first-order valence-electron chi connectivity index (χ1n) is 3.91. The number of amides is 1. The molecule has 0 aromatic heterocycles. The number of aldehydes is 1. The van der Waals surface area contributed by atoms with E-state index in [1.165, 1.54) is 0 Å². The number of nitroso groups, excluding NO2 is 1. The lowest BCUT2D eigenvalue weighted by Gasteiger charge is -2.01. The van der Waals surface area contributed by atoms with Gasteiger partial charge in [0.05, 0.1) is 6.54 Å². The molecule has 1 rings (SSSR count). The predicted octanol–water partition coefficient (Wildman–Crippen LogP) is 1.20. The molecule has 1 aromatic rings. The molecule has 0 aliphatic carbocycles. The molecule has 5 heteroatoms. The van der Waals surface area contributed by atoms with Gasteiger partial charge < -0.3 is 5.32 Å². The summed E-state index contributed by atoms with van der Waals surface area (Å²) in [6, 6.07) is 6.49. The molecule has 5 nitrogen and oxygen atoms in total. The first-order chi connectivity index (χ1) is 6.76. The van der Waals surface area contributed by atoms with Crippen LogP contribution in [0.4, 0.5) is 5.69 Å². The van der Waals surface area contributed by atoms with E-state index in [2.05, 4.69) is 10.5 Å². The second-order valence-corrected chi connectivity index (χ2v) is 2.58. The van der Waals surface area contributed by atoms with Gasteiger partial charge in [0, 0.05) is 16.4 Å². The van der Waals surface area contributed by atoms with Gasteiger partial charge in [-0.15, -0.1) is 4.91 Å². The van der Waals surface area contributed by atoms with Gasteiger partial charge in [0.25, 0.3) is 0 Å². The normalized spacial score (nSPS) is 9.14. The molecule has 0 saturated heterocycles. The summed E-state index contributed by atoms with van der Waals surface area (Å²) in [4.78, 5) is 30.6. The maximum atomic E-state index is 10.5. The largest absolute Gasteiger partial charge is 0.376 e. The van der Waals surface area contributed by atoms with Crippen molar-refractivity contribution in [3.63, 3.8) is 0 Å². The van der Waals surface area contributed by atoms with Crippen molar-refractivity contribution in [1.29, 1.82) is 0 Å². The number of anilines is 1. The Labute approximate surface area is 80.1 Å². The average Bonchev–Trinajstić information content (AvgIpc) is 2.26. The Morgan fingerprint density at radius 3 is 2.50 bits per heavy atom. The third kappa shape index (κ3) is 2.78. The van der Waals surface area contributed by atoms with E-state index in [0.717, 1.165) is 6.29 Å². The quantitative estimate of drug-likeness (QED) is 0.574. The number of nitrogens with zero attached hydrogens (tertiary/aromatic N) is 1. The van der Waals surface area contributed by atoms with E-state index in [1.54, 1.807) is 24.3 Å². The van der Waals surface area contributed by atoms with Gasteiger partial charge in [0.1, 0.15) is 6.29 Å². The average molecular weight is 192 g/mol. The standard InChI is InChI=1S/C9H8N2O3/c12-6-7-1-3-8(4-2-7)10-5-9(13)11-14/h1-4,6,10H,5H2. The molecule has 1 N–H and O–H groups in total. The van der Waals surface area contributed by atoms with Gasteiger partial charge in [-0.3, -0.25) is 9.59 Å². The monoisotopic (exact) mass is 192 g/mol. The number of carbonyl (C=O) groups is 2. The zero-order valence-electron chi connectivity index (χ0n) is 7.27. The van der Waals surface area contributed by atoms with Gasteiger partial charge in [-0.1, -0.05) is 0 Å². The third-order valence-electron chi connectivity index (χ3n) is 1.59. The van der Waals surface area contributed by atoms with Crippen LogP contribution in [-0.4, -0.2) is 18.7 Å². The van der Waals surface area contributed by atoms with E-state index in [0.29, 0.717) is 11.3 Å². The SMILES string of the molecule is O=Cc1ccc(NCC(=O)N=O)cc1. The highest BCUT2D eigenvalue weighted by Gasteiger charge is 1.99. The Bertz CT molecular complexity index is 346. The Kier molecular flexibility index (Phi) is 3.49. The summed E-state index contributed by atoms with van der Waals surface area (Å²) in [6.07, 6.45) is 0.724. The van der Waals surface area contributed by atoms with E-state index in [4.69, 9.17) is 0 Å². The van der Waals surface area contributed by atoms with Gasteiger partial charge in [-0.25, -0.2) is 0 Å². The van der Waals surface area contributed by atoms with Gasteiger partial charge in [-0.05, 0) is 24.3 Å². The van der Waals surface area contributed by atoms with E-state index >= 15 is 0 Å². The van der Waals surface area contributed by atoms with Crippen molar-refractivity contribution in [1.82, 2.24) is 0 Å². The summed E-state index contributed by atoms with van der Waals surface area (Å²) in [7, 11) is 0. The van der Waals surface area contributed by atoms with Crippen LogP contribution >= 0.6 is 0 Å². The van der Waals surface area contributed by atoms with Crippen molar-refractivity contribution in [3.05, 3.63) is 34.7 Å². The minimum atomic E-state index is -0.760. The molecule has 0 bridgehead atoms. The summed E-state index contributed by atoms with van der Waals surface area (Å²) in [6.45, 7) is -0.135. The Morgan fingerprint density at radius 2 is 2.00 bits per heavy atom. The highest BCUT2D eigenvalue weighted by atomic mass is 16.3. The molecule has 14 heavy (non-hydrogen) atoms. The zero-order chi connectivity index (χ0) is 10.4. The topological polar surface area (TPSA) is 75.6 Å². The van der Waals surface area contributed by atoms with E-state index < -0.39 is 5.91 Å². The number of hydrogen-bond acceptors (Lipinski definition) is 4. The van der Waals surface area contributed by atoms with Crippen LogP contribution in [0.5, 0.6) is 0 Å². The molecule has 0 radical (unpaired) electrons. The third-order valence-corrected chi connectivity index (χ3v) is 1.59. The van der Waals surface area contributed by atoms with E-state index in [-0.39, 0.29) is 6.54 Å². The predicted molar refractivity (Wildman–Crippen MR) is 51.1 cm³/mol. The van der Waals surface area contributed by atoms with Gasteiger partial charge in [-0.2, -0.15) is 0 Å². The summed E-state index contributed by atoms with van der Waals surface area (Å²) in [5.74, 6) is -0.760. The van der Waals surface area contributed by atoms with Crippen LogP contribution < -0.4 is 5.32 Å². The van der Waals surface area contributed by atoms with E-state index in [1.807, 2.05) is 0 Å². The van der Waals surface area contributed by atoms with Crippen molar-refractivity contribution in [2.75, 3.05) is 11.9 Å². The van der Waals surface area contributed by atoms with Crippen LogP contribution in [0.2, 0.25) is 0 Å². The molecule has 0 aliphatic rings. The minimum Gasteiger partial charge on any atom is -0.376 e. The second-order valence-electron chi connectivity index (χ2n) is 2.58. The fourth-order valence-corrected chi connectivity index (χ4v) is 0.889. The molecular weight excluding hydrogens is 184 g/mol. The molecule has 0 heterocycles. The van der Waals surface area contributed by atoms with Gasteiger partial charge in [0.15, 0.2) is 0 Å². The second kappa shape index (κ2) is 4.86. The number of rotatable bonds is 4. The molecule has 1 amide bonds. The molecule has 1 aromatic carbocycles. The molecular formula is C9H8N2O3. The molecule has 0 spiro atoms. The first-order valence-corrected chi connectivity index (χ1v) is 3.91. The highest BCUT2D eigenvalue weighted by molar-refractivity contribution is 5.81. The minimum absolute atomic E-state index is 0.135. The maximum absolute atomic E-state index is 10.5. The number of carbonyl (C=O) groups excluding carboxylic acids is 2. The van der Waals surface area contributed by atoms with Crippen LogP contribution in [0.3, 0.4) is 0 Å². The van der Waals surface area contributed by atoms with Crippen LogP contribution in [0, 0.1) is 4.91 Å². The molecule has 0 aliphatic heterocycles. The molecule has 0 unspecified atom stereocenters. The highest BCUT2D eigenvalue weighted by Crippen LogP contribution is 2.07. The fourth-order valence-electron chi connectivity index (χ4n) is 0.889. The van der Waals surface area contributed by atoms with E-state index in [9.17, 15) is 14.5 Å². The van der Waals surface area contributed by atoms with Crippen LogP contribution in [0.1, 0.15) is 10.4 Å². The number of benzene rings is 1. The zero-order valence-corrected chi connectivity index (χ0v) is 7.27. The first kappa shape index (κ1) is 10.0. The summed E-state index contributed by atoms with van der Waals surface area (Å²) in [5.41, 5.74) is 1.21. The molecule has 0 atom stereocenters. The van der Waals surface area contributed by atoms with Crippen LogP contribution in [0.15, 0.2) is 29.4 Å². The van der Waals surface area contributed by atoms with Crippen molar-refractivity contribution >= 4 is 17.9 Å². The lowest BCUT2D eigenvalue weighted by atomic mass is 10.2. The number of hydrogen-bond donors (Lipinski definition) is 1. The lowest BCUT2D eigenvalue weighted by Crippen LogP contribution is -2.10. The lowest BCUT2D eigenvalue weighted by molar-refractivity contribution is -0.116. The van der Waals surface area contributed by atoms with Crippen molar-refractivity contribution in [2.45, 2.75) is 0 Å². The smallest absolute Gasteiger partial charge is 0.305 e. The maximum Gasteiger partial charge on any atom is 0.305 e. The Morgan fingerprint density at radius 1 is 1.36 bits per heavy atom. The van der Waals surface area contributed by atoms with Crippen molar-refractivity contribution < 1.29 is 9.59 Å². The van der Waals surface area contributed by atoms with Gasteiger partial charge in [0.2, 0.25) is 0 Å². The van der Waals surface area contributed by atoms with Crippen molar-refractivity contribution in [3.8, 4) is 0 Å². The Balaban J connectivity index is 2.55. The van der Waals surface area contributed by atoms with Crippen LogP contribution in [0.25, 0.3) is 0 Å². The fraction of sp³-hybridized carbons (Fsp3) is 0.111. The molecule has 0 saturated carbocycles. The van der Waals surface area contributed by atoms with Crippen LogP contribution in [-0.2, 0) is 4.79 Å². The molecule has 72 valence electrons. The van der Waals surface area contributed by atoms with Gasteiger partial charge >= 0.3 is 5.91 Å².